The van der Waals surface area contributed by atoms with Crippen LogP contribution in [0.5, 0.6) is 0 Å². The van der Waals surface area contributed by atoms with Crippen molar-refractivity contribution < 1.29 is 9.53 Å². The zero-order valence-electron chi connectivity index (χ0n) is 11.4. The molecule has 1 aromatic rings. The van der Waals surface area contributed by atoms with Gasteiger partial charge >= 0.3 is 5.97 Å². The number of pyridine rings is 1. The van der Waals surface area contributed by atoms with Crippen molar-refractivity contribution in [3.05, 3.63) is 32.7 Å². The molecular weight excluding hydrogens is 310 g/mol. The molecule has 0 unspecified atom stereocenters. The van der Waals surface area contributed by atoms with Crippen LogP contribution in [0.1, 0.15) is 38.2 Å². The van der Waals surface area contributed by atoms with Crippen LogP contribution in [0.15, 0.2) is 21.5 Å². The molecule has 1 aromatic heterocycles. The highest BCUT2D eigenvalue weighted by Crippen LogP contribution is 2.08. The van der Waals surface area contributed by atoms with Gasteiger partial charge in [0.2, 0.25) is 0 Å². The van der Waals surface area contributed by atoms with Crippen LogP contribution in [0.25, 0.3) is 0 Å². The lowest BCUT2D eigenvalue weighted by Gasteiger charge is -2.08. The molecule has 0 atom stereocenters. The van der Waals surface area contributed by atoms with Crippen molar-refractivity contribution >= 4 is 21.9 Å². The van der Waals surface area contributed by atoms with Crippen LogP contribution in [0, 0.1) is 6.92 Å². The molecule has 0 bridgehead atoms. The average Bonchev–Trinajstić information content (AvgIpc) is 2.35. The van der Waals surface area contributed by atoms with E-state index in [-0.39, 0.29) is 18.1 Å². The van der Waals surface area contributed by atoms with Gasteiger partial charge in [0.05, 0.1) is 6.61 Å². The third kappa shape index (κ3) is 5.59. The normalized spacial score (nSPS) is 10.5. The molecule has 1 heterocycles. The summed E-state index contributed by atoms with van der Waals surface area (Å²) in [4.78, 5) is 23.4. The second kappa shape index (κ2) is 8.15. The highest BCUT2D eigenvalue weighted by molar-refractivity contribution is 9.10. The fourth-order valence-electron chi connectivity index (χ4n) is 1.76. The zero-order valence-corrected chi connectivity index (χ0v) is 13.0. The summed E-state index contributed by atoms with van der Waals surface area (Å²) in [6, 6.07) is 1.73. The second-order valence-corrected chi connectivity index (χ2v) is 5.47. The van der Waals surface area contributed by atoms with Crippen LogP contribution in [-0.2, 0) is 16.1 Å². The van der Waals surface area contributed by atoms with E-state index in [4.69, 9.17) is 4.74 Å². The van der Waals surface area contributed by atoms with Crippen LogP contribution in [0.3, 0.4) is 0 Å². The minimum atomic E-state index is -0.365. The number of aryl methyl sites for hydroxylation is 1. The Morgan fingerprint density at radius 1 is 1.37 bits per heavy atom. The van der Waals surface area contributed by atoms with Gasteiger partial charge in [0.1, 0.15) is 6.54 Å². The van der Waals surface area contributed by atoms with Crippen molar-refractivity contribution in [3.8, 4) is 0 Å². The van der Waals surface area contributed by atoms with Crippen LogP contribution in [0.2, 0.25) is 0 Å². The largest absolute Gasteiger partial charge is 0.464 e. The summed E-state index contributed by atoms with van der Waals surface area (Å²) >= 11 is 3.31. The molecule has 106 valence electrons. The number of halogens is 1. The molecule has 0 aliphatic carbocycles. The minimum absolute atomic E-state index is 0.0348. The molecule has 0 saturated heterocycles. The summed E-state index contributed by atoms with van der Waals surface area (Å²) in [7, 11) is 0. The topological polar surface area (TPSA) is 48.3 Å². The Balaban J connectivity index is 2.47. The van der Waals surface area contributed by atoms with E-state index < -0.39 is 0 Å². The highest BCUT2D eigenvalue weighted by Gasteiger charge is 2.08. The Hall–Kier alpha value is -1.10. The van der Waals surface area contributed by atoms with Gasteiger partial charge in [0.25, 0.3) is 5.56 Å². The Kier molecular flexibility index (Phi) is 6.84. The van der Waals surface area contributed by atoms with Gasteiger partial charge in [-0.1, -0.05) is 26.2 Å². The zero-order chi connectivity index (χ0) is 14.3. The molecule has 1 rings (SSSR count). The Labute approximate surface area is 121 Å². The number of esters is 1. The van der Waals surface area contributed by atoms with Gasteiger partial charge in [-0.2, -0.15) is 0 Å². The Morgan fingerprint density at radius 3 is 2.79 bits per heavy atom. The van der Waals surface area contributed by atoms with Crippen molar-refractivity contribution in [2.75, 3.05) is 6.61 Å². The lowest BCUT2D eigenvalue weighted by molar-refractivity contribution is -0.144. The number of hydrogen-bond donors (Lipinski definition) is 0. The maximum atomic E-state index is 11.8. The molecule has 0 N–H and O–H groups in total. The predicted molar refractivity (Wildman–Crippen MR) is 78.2 cm³/mol. The maximum Gasteiger partial charge on any atom is 0.326 e. The van der Waals surface area contributed by atoms with Crippen LogP contribution in [-0.4, -0.2) is 17.1 Å². The number of carbonyl (C=O) groups is 1. The number of nitrogens with zero attached hydrogens (tertiary/aromatic N) is 1. The smallest absolute Gasteiger partial charge is 0.326 e. The van der Waals surface area contributed by atoms with Gasteiger partial charge in [-0.05, 0) is 35.3 Å². The summed E-state index contributed by atoms with van der Waals surface area (Å²) in [6.45, 7) is 4.25. The van der Waals surface area contributed by atoms with E-state index in [1.165, 1.54) is 4.57 Å². The van der Waals surface area contributed by atoms with Gasteiger partial charge in [-0.15, -0.1) is 0 Å². The molecular formula is C14H20BrNO3. The standard InChI is InChI=1S/C14H20BrNO3/c1-3-4-5-6-7-19-13(17)10-16-9-12(15)8-11(2)14(16)18/h8-9H,3-7,10H2,1-2H3. The molecule has 0 saturated carbocycles. The van der Waals surface area contributed by atoms with E-state index in [1.54, 1.807) is 19.2 Å². The van der Waals surface area contributed by atoms with Gasteiger partial charge < -0.3 is 9.30 Å². The molecule has 0 amide bonds. The third-order valence-corrected chi connectivity index (χ3v) is 3.23. The first-order valence-electron chi connectivity index (χ1n) is 6.56. The SMILES string of the molecule is CCCCCCOC(=O)Cn1cc(Br)cc(C)c1=O. The molecule has 5 heteroatoms. The Morgan fingerprint density at radius 2 is 2.11 bits per heavy atom. The first kappa shape index (κ1) is 16.0. The number of hydrogen-bond acceptors (Lipinski definition) is 3. The minimum Gasteiger partial charge on any atom is -0.464 e. The number of unbranched alkanes of at least 4 members (excludes halogenated alkanes) is 3. The summed E-state index contributed by atoms with van der Waals surface area (Å²) < 4.78 is 7.26. The fraction of sp³-hybridized carbons (Fsp3) is 0.571. The molecule has 19 heavy (non-hydrogen) atoms. The van der Waals surface area contributed by atoms with Gasteiger partial charge in [0, 0.05) is 16.2 Å². The molecule has 0 fully saturated rings. The van der Waals surface area contributed by atoms with Crippen molar-refractivity contribution in [2.45, 2.75) is 46.1 Å². The van der Waals surface area contributed by atoms with E-state index in [9.17, 15) is 9.59 Å². The first-order chi connectivity index (χ1) is 9.04. The molecule has 0 aliphatic rings. The lowest BCUT2D eigenvalue weighted by atomic mass is 10.2. The second-order valence-electron chi connectivity index (χ2n) is 4.56. The lowest BCUT2D eigenvalue weighted by Crippen LogP contribution is -2.26. The molecule has 0 aliphatic heterocycles. The fourth-order valence-corrected chi connectivity index (χ4v) is 2.35. The summed E-state index contributed by atoms with van der Waals surface area (Å²) in [5.41, 5.74) is 0.441. The van der Waals surface area contributed by atoms with Gasteiger partial charge in [-0.25, -0.2) is 0 Å². The van der Waals surface area contributed by atoms with Gasteiger partial charge in [-0.3, -0.25) is 9.59 Å². The van der Waals surface area contributed by atoms with Crippen molar-refractivity contribution in [2.24, 2.45) is 0 Å². The van der Waals surface area contributed by atoms with Crippen LogP contribution >= 0.6 is 15.9 Å². The van der Waals surface area contributed by atoms with Crippen molar-refractivity contribution in [3.63, 3.8) is 0 Å². The monoisotopic (exact) mass is 329 g/mol. The third-order valence-electron chi connectivity index (χ3n) is 2.79. The number of rotatable bonds is 7. The Bertz CT molecular complexity index is 482. The highest BCUT2D eigenvalue weighted by atomic mass is 79.9. The first-order valence-corrected chi connectivity index (χ1v) is 7.36. The van der Waals surface area contributed by atoms with Crippen LogP contribution < -0.4 is 5.56 Å². The quantitative estimate of drug-likeness (QED) is 0.570. The summed E-state index contributed by atoms with van der Waals surface area (Å²) in [5.74, 6) is -0.365. The summed E-state index contributed by atoms with van der Waals surface area (Å²) in [5, 5.41) is 0. The molecule has 0 spiro atoms. The van der Waals surface area contributed by atoms with E-state index in [0.29, 0.717) is 12.2 Å². The maximum absolute atomic E-state index is 11.8. The summed E-state index contributed by atoms with van der Waals surface area (Å²) in [6.07, 6.45) is 5.86. The van der Waals surface area contributed by atoms with Crippen LogP contribution in [0.4, 0.5) is 0 Å². The van der Waals surface area contributed by atoms with E-state index in [2.05, 4.69) is 22.9 Å². The molecule has 0 aromatic carbocycles. The van der Waals surface area contributed by atoms with E-state index in [1.807, 2.05) is 0 Å². The molecule has 0 radical (unpaired) electrons. The van der Waals surface area contributed by atoms with Crippen molar-refractivity contribution in [1.82, 2.24) is 4.57 Å². The molecule has 4 nitrogen and oxygen atoms in total. The number of carbonyl (C=O) groups excluding carboxylic acids is 1. The predicted octanol–water partition coefficient (Wildman–Crippen LogP) is 3.04. The average molecular weight is 330 g/mol. The van der Waals surface area contributed by atoms with E-state index >= 15 is 0 Å². The number of ether oxygens (including phenoxy) is 1. The van der Waals surface area contributed by atoms with Crippen molar-refractivity contribution in [1.29, 1.82) is 0 Å². The number of aromatic nitrogens is 1. The van der Waals surface area contributed by atoms with Gasteiger partial charge in [0.15, 0.2) is 0 Å². The van der Waals surface area contributed by atoms with E-state index in [0.717, 1.165) is 30.2 Å².